The summed E-state index contributed by atoms with van der Waals surface area (Å²) in [5.74, 6) is 0.363. The highest BCUT2D eigenvalue weighted by atomic mass is 79.9. The molecule has 1 aliphatic heterocycles. The Morgan fingerprint density at radius 2 is 1.97 bits per heavy atom. The van der Waals surface area contributed by atoms with E-state index in [0.29, 0.717) is 59.2 Å². The predicted octanol–water partition coefficient (Wildman–Crippen LogP) is 1.24. The van der Waals surface area contributed by atoms with Crippen molar-refractivity contribution in [1.29, 1.82) is 0 Å². The van der Waals surface area contributed by atoms with Gasteiger partial charge in [0.2, 0.25) is 0 Å². The summed E-state index contributed by atoms with van der Waals surface area (Å²) >= 11 is 3.35. The largest absolute Gasteiger partial charge is 0.494 e. The molecule has 1 aliphatic rings. The highest BCUT2D eigenvalue weighted by molar-refractivity contribution is 9.10. The third-order valence-electron chi connectivity index (χ3n) is 5.46. The summed E-state index contributed by atoms with van der Waals surface area (Å²) in [6.45, 7) is 1.65. The van der Waals surface area contributed by atoms with E-state index in [1.54, 1.807) is 10.9 Å². The van der Waals surface area contributed by atoms with Gasteiger partial charge in [-0.05, 0) is 38.5 Å². The van der Waals surface area contributed by atoms with E-state index in [2.05, 4.69) is 46.4 Å². The van der Waals surface area contributed by atoms with Gasteiger partial charge >= 0.3 is 0 Å². The van der Waals surface area contributed by atoms with Crippen LogP contribution in [0.4, 0.5) is 5.95 Å². The van der Waals surface area contributed by atoms with Gasteiger partial charge in [-0.3, -0.25) is 9.59 Å². The van der Waals surface area contributed by atoms with E-state index in [1.807, 2.05) is 23.1 Å². The molecule has 0 aromatic carbocycles. The number of tetrazole rings is 1. The van der Waals surface area contributed by atoms with Crippen molar-refractivity contribution < 1.29 is 14.3 Å². The SMILES string of the molecule is COc1cnc(Br)c2[nH]cc(C(=O)C(=O)N3CCN(c4nnnn4-c4ccccn4)CC3)c12. The molecule has 168 valence electrons. The van der Waals surface area contributed by atoms with Crippen LogP contribution in [-0.2, 0) is 4.79 Å². The molecule has 4 aromatic rings. The minimum atomic E-state index is -0.607. The fourth-order valence-electron chi connectivity index (χ4n) is 3.80. The first-order valence-electron chi connectivity index (χ1n) is 10.1. The van der Waals surface area contributed by atoms with E-state index in [0.717, 1.165) is 0 Å². The molecule has 0 atom stereocenters. The zero-order chi connectivity index (χ0) is 22.9. The van der Waals surface area contributed by atoms with Gasteiger partial charge in [-0.25, -0.2) is 9.97 Å². The van der Waals surface area contributed by atoms with Crippen molar-refractivity contribution in [2.45, 2.75) is 0 Å². The Kier molecular flexibility index (Phi) is 5.46. The number of rotatable bonds is 5. The van der Waals surface area contributed by atoms with Crippen LogP contribution in [0.1, 0.15) is 10.4 Å². The first kappa shape index (κ1) is 21.0. The number of ketones is 1. The van der Waals surface area contributed by atoms with Gasteiger partial charge < -0.3 is 19.5 Å². The number of piperazine rings is 1. The van der Waals surface area contributed by atoms with Gasteiger partial charge in [0.25, 0.3) is 17.6 Å². The lowest BCUT2D eigenvalue weighted by atomic mass is 10.1. The Morgan fingerprint density at radius 3 is 2.70 bits per heavy atom. The third-order valence-corrected chi connectivity index (χ3v) is 6.06. The minimum Gasteiger partial charge on any atom is -0.494 e. The molecule has 4 aromatic heterocycles. The Labute approximate surface area is 195 Å². The smallest absolute Gasteiger partial charge is 0.295 e. The van der Waals surface area contributed by atoms with Gasteiger partial charge in [-0.2, -0.15) is 4.68 Å². The minimum absolute atomic E-state index is 0.247. The van der Waals surface area contributed by atoms with Crippen LogP contribution in [0.3, 0.4) is 0 Å². The highest BCUT2D eigenvalue weighted by Crippen LogP contribution is 2.32. The van der Waals surface area contributed by atoms with Gasteiger partial charge in [0.1, 0.15) is 10.4 Å². The van der Waals surface area contributed by atoms with Gasteiger partial charge in [-0.15, -0.1) is 0 Å². The van der Waals surface area contributed by atoms with Crippen LogP contribution in [0.25, 0.3) is 16.7 Å². The summed E-state index contributed by atoms with van der Waals surface area (Å²) in [6.07, 6.45) is 4.68. The number of pyridine rings is 2. The molecular formula is C20H18BrN9O3. The third kappa shape index (κ3) is 3.69. The monoisotopic (exact) mass is 511 g/mol. The number of hydrogen-bond donors (Lipinski definition) is 1. The lowest BCUT2D eigenvalue weighted by Crippen LogP contribution is -2.51. The van der Waals surface area contributed by atoms with Crippen molar-refractivity contribution in [3.63, 3.8) is 0 Å². The quantitative estimate of drug-likeness (QED) is 0.238. The van der Waals surface area contributed by atoms with Crippen molar-refractivity contribution in [3.8, 4) is 11.6 Å². The fourth-order valence-corrected chi connectivity index (χ4v) is 4.21. The maximum atomic E-state index is 13.1. The molecule has 1 saturated heterocycles. The summed E-state index contributed by atoms with van der Waals surface area (Å²) in [5, 5.41) is 12.4. The number of methoxy groups -OCH3 is 1. The van der Waals surface area contributed by atoms with Crippen molar-refractivity contribution in [1.82, 2.24) is 40.1 Å². The Hall–Kier alpha value is -3.87. The van der Waals surface area contributed by atoms with E-state index < -0.39 is 11.7 Å². The summed E-state index contributed by atoms with van der Waals surface area (Å²) in [6, 6.07) is 5.47. The number of fused-ring (bicyclic) bond motifs is 1. The van der Waals surface area contributed by atoms with Crippen molar-refractivity contribution >= 4 is 44.5 Å². The zero-order valence-electron chi connectivity index (χ0n) is 17.5. The lowest BCUT2D eigenvalue weighted by molar-refractivity contribution is -0.126. The molecule has 13 heteroatoms. The predicted molar refractivity (Wildman–Crippen MR) is 120 cm³/mol. The number of ether oxygens (including phenoxy) is 1. The molecular weight excluding hydrogens is 494 g/mol. The number of aromatic amines is 1. The molecule has 33 heavy (non-hydrogen) atoms. The molecule has 0 unspecified atom stereocenters. The molecule has 1 amide bonds. The van der Waals surface area contributed by atoms with Gasteiger partial charge in [-0.1, -0.05) is 11.2 Å². The van der Waals surface area contributed by atoms with E-state index >= 15 is 0 Å². The Bertz CT molecular complexity index is 1330. The van der Waals surface area contributed by atoms with Crippen LogP contribution >= 0.6 is 15.9 Å². The molecule has 5 heterocycles. The number of anilines is 1. The first-order valence-corrected chi connectivity index (χ1v) is 10.9. The van der Waals surface area contributed by atoms with Crippen LogP contribution in [0.5, 0.6) is 5.75 Å². The normalized spacial score (nSPS) is 14.0. The second-order valence-electron chi connectivity index (χ2n) is 7.26. The molecule has 5 rings (SSSR count). The van der Waals surface area contributed by atoms with Crippen molar-refractivity contribution in [2.75, 3.05) is 38.2 Å². The first-order chi connectivity index (χ1) is 16.1. The maximum absolute atomic E-state index is 13.1. The standard InChI is InChI=1S/C20H18BrN9O3/c1-33-13-11-24-18(21)16-15(13)12(10-23-16)17(31)19(32)28-6-8-29(9-7-28)20-25-26-27-30(20)14-4-2-3-5-22-14/h2-5,10-11,23H,6-9H2,1H3. The Balaban J connectivity index is 1.32. The van der Waals surface area contributed by atoms with E-state index in [4.69, 9.17) is 4.74 Å². The van der Waals surface area contributed by atoms with Crippen LogP contribution in [0, 0.1) is 0 Å². The summed E-state index contributed by atoms with van der Waals surface area (Å²) < 4.78 is 7.43. The summed E-state index contributed by atoms with van der Waals surface area (Å²) in [7, 11) is 1.49. The molecule has 0 aliphatic carbocycles. The number of Topliss-reactive ketones (excluding diaryl/α,β-unsaturated/α-hetero) is 1. The van der Waals surface area contributed by atoms with Crippen molar-refractivity contribution in [3.05, 3.63) is 47.0 Å². The molecule has 1 N–H and O–H groups in total. The zero-order valence-corrected chi connectivity index (χ0v) is 19.1. The second-order valence-corrected chi connectivity index (χ2v) is 8.01. The molecule has 1 fully saturated rings. The average molecular weight is 512 g/mol. The summed E-state index contributed by atoms with van der Waals surface area (Å²) in [4.78, 5) is 41.1. The molecule has 0 saturated carbocycles. The average Bonchev–Trinajstić information content (AvgIpc) is 3.53. The number of amides is 1. The fraction of sp³-hybridized carbons (Fsp3) is 0.250. The van der Waals surface area contributed by atoms with Gasteiger partial charge in [0.15, 0.2) is 5.82 Å². The maximum Gasteiger partial charge on any atom is 0.295 e. The van der Waals surface area contributed by atoms with Crippen LogP contribution < -0.4 is 9.64 Å². The van der Waals surface area contributed by atoms with Gasteiger partial charge in [0.05, 0.1) is 29.8 Å². The van der Waals surface area contributed by atoms with Crippen LogP contribution in [0.2, 0.25) is 0 Å². The number of carbonyl (C=O) groups is 2. The van der Waals surface area contributed by atoms with E-state index in [1.165, 1.54) is 24.4 Å². The second kappa shape index (κ2) is 8.58. The number of carbonyl (C=O) groups excluding carboxylic acids is 2. The number of halogens is 1. The molecule has 0 radical (unpaired) electrons. The lowest BCUT2D eigenvalue weighted by Gasteiger charge is -2.34. The molecule has 12 nitrogen and oxygen atoms in total. The number of nitrogens with zero attached hydrogens (tertiary/aromatic N) is 8. The number of hydrogen-bond acceptors (Lipinski definition) is 9. The molecule has 0 bridgehead atoms. The summed E-state index contributed by atoms with van der Waals surface area (Å²) in [5.41, 5.74) is 0.841. The topological polar surface area (TPSA) is 135 Å². The van der Waals surface area contributed by atoms with Gasteiger partial charge in [0, 0.05) is 38.6 Å². The number of H-pyrrole nitrogens is 1. The number of nitrogens with one attached hydrogen (secondary N) is 1. The van der Waals surface area contributed by atoms with E-state index in [9.17, 15) is 9.59 Å². The highest BCUT2D eigenvalue weighted by Gasteiger charge is 2.31. The van der Waals surface area contributed by atoms with Crippen LogP contribution in [0.15, 0.2) is 41.4 Å². The molecule has 0 spiro atoms. The number of aromatic nitrogens is 7. The van der Waals surface area contributed by atoms with Crippen molar-refractivity contribution in [2.24, 2.45) is 0 Å². The Morgan fingerprint density at radius 1 is 1.15 bits per heavy atom. The van der Waals surface area contributed by atoms with Crippen LogP contribution in [-0.4, -0.2) is 85.0 Å². The van der Waals surface area contributed by atoms with E-state index in [-0.39, 0.29) is 5.56 Å².